The molecule has 1 aromatic carbocycles. The third-order valence-electron chi connectivity index (χ3n) is 5.52. The number of likely N-dealkylation sites (N-methyl/N-ethyl adjacent to an activating group) is 1. The van der Waals surface area contributed by atoms with Gasteiger partial charge in [0, 0.05) is 12.6 Å². The summed E-state index contributed by atoms with van der Waals surface area (Å²) in [6, 6.07) is 4.58. The summed E-state index contributed by atoms with van der Waals surface area (Å²) in [7, 11) is 0. The average Bonchev–Trinajstić information content (AvgIpc) is 3.30. The maximum atomic E-state index is 9.65. The zero-order chi connectivity index (χ0) is 17.3. The number of hydrogen-bond donors (Lipinski definition) is 2. The van der Waals surface area contributed by atoms with E-state index >= 15 is 0 Å². The maximum Gasteiger partial charge on any atom is 0.0860 e. The summed E-state index contributed by atoms with van der Waals surface area (Å²) >= 11 is 0. The topological polar surface area (TPSA) is 56.2 Å². The molecule has 4 nitrogen and oxygen atoms in total. The number of fused-ring (bicyclic) bond motifs is 1. The molecule has 0 amide bonds. The van der Waals surface area contributed by atoms with Crippen LogP contribution in [0.15, 0.2) is 12.1 Å². The molecule has 2 unspecified atom stereocenters. The number of ether oxygens (including phenoxy) is 1. The van der Waals surface area contributed by atoms with E-state index in [0.29, 0.717) is 24.2 Å². The lowest BCUT2D eigenvalue weighted by molar-refractivity contribution is 0.172. The zero-order valence-corrected chi connectivity index (χ0v) is 15.2. The maximum absolute atomic E-state index is 9.65. The Balaban J connectivity index is 1.82. The summed E-state index contributed by atoms with van der Waals surface area (Å²) in [6.45, 7) is 8.77. The minimum Gasteiger partial charge on any atom is -0.392 e. The van der Waals surface area contributed by atoms with Crippen molar-refractivity contribution in [3.05, 3.63) is 34.4 Å². The van der Waals surface area contributed by atoms with Gasteiger partial charge in [0.1, 0.15) is 0 Å². The molecule has 24 heavy (non-hydrogen) atoms. The zero-order valence-electron chi connectivity index (χ0n) is 15.2. The van der Waals surface area contributed by atoms with Crippen LogP contribution < -0.4 is 0 Å². The summed E-state index contributed by atoms with van der Waals surface area (Å²) in [6.07, 6.45) is 3.97. The summed E-state index contributed by atoms with van der Waals surface area (Å²) in [5.41, 5.74) is 4.37. The molecule has 2 heterocycles. The van der Waals surface area contributed by atoms with E-state index in [4.69, 9.17) is 4.74 Å². The molecular weight excluding hydrogens is 302 g/mol. The van der Waals surface area contributed by atoms with Crippen molar-refractivity contribution in [2.45, 2.75) is 71.5 Å². The first-order valence-corrected chi connectivity index (χ1v) is 9.33. The molecule has 2 N–H and O–H groups in total. The lowest BCUT2D eigenvalue weighted by Crippen LogP contribution is -2.36. The van der Waals surface area contributed by atoms with Crippen LogP contribution in [0.1, 0.15) is 61.9 Å². The fraction of sp³-hybridized carbons (Fsp3) is 0.700. The van der Waals surface area contributed by atoms with Gasteiger partial charge in [0.05, 0.1) is 25.4 Å². The molecule has 2 aliphatic rings. The second-order valence-electron chi connectivity index (χ2n) is 7.61. The Bertz CT molecular complexity index is 572. The van der Waals surface area contributed by atoms with Gasteiger partial charge in [0.25, 0.3) is 0 Å². The highest BCUT2D eigenvalue weighted by molar-refractivity contribution is 5.41. The summed E-state index contributed by atoms with van der Waals surface area (Å²) in [5, 5.41) is 19.2. The van der Waals surface area contributed by atoms with E-state index in [1.165, 1.54) is 11.1 Å². The minimum atomic E-state index is -0.0160. The first-order valence-electron chi connectivity index (χ1n) is 9.33. The van der Waals surface area contributed by atoms with E-state index in [0.717, 1.165) is 43.5 Å². The Morgan fingerprint density at radius 1 is 1.17 bits per heavy atom. The van der Waals surface area contributed by atoms with Crippen LogP contribution in [0.2, 0.25) is 0 Å². The van der Waals surface area contributed by atoms with Crippen LogP contribution in [-0.2, 0) is 24.4 Å². The average molecular weight is 333 g/mol. The molecule has 0 aromatic heterocycles. The van der Waals surface area contributed by atoms with E-state index in [9.17, 15) is 10.2 Å². The molecule has 3 rings (SSSR count). The summed E-state index contributed by atoms with van der Waals surface area (Å²) in [5.74, 6) is 0.675. The number of aliphatic hydroxyl groups excluding tert-OH is 2. The molecule has 1 aromatic rings. The number of benzene rings is 1. The fourth-order valence-electron chi connectivity index (χ4n) is 4.13. The van der Waals surface area contributed by atoms with Gasteiger partial charge in [-0.05, 0) is 54.0 Å². The van der Waals surface area contributed by atoms with Crippen LogP contribution in [0.25, 0.3) is 0 Å². The molecule has 0 saturated carbocycles. The van der Waals surface area contributed by atoms with Crippen molar-refractivity contribution in [3.63, 3.8) is 0 Å². The number of aliphatic hydroxyl groups is 2. The Kier molecular flexibility index (Phi) is 5.60. The van der Waals surface area contributed by atoms with Crippen LogP contribution in [0.4, 0.5) is 0 Å². The van der Waals surface area contributed by atoms with E-state index in [1.54, 1.807) is 0 Å². The Morgan fingerprint density at radius 3 is 2.50 bits per heavy atom. The Hall–Kier alpha value is -0.940. The van der Waals surface area contributed by atoms with Crippen LogP contribution in [0.5, 0.6) is 0 Å². The van der Waals surface area contributed by atoms with Crippen molar-refractivity contribution in [2.24, 2.45) is 5.92 Å². The fourth-order valence-corrected chi connectivity index (χ4v) is 4.13. The third kappa shape index (κ3) is 3.67. The normalized spacial score (nSPS) is 26.7. The van der Waals surface area contributed by atoms with Crippen molar-refractivity contribution >= 4 is 0 Å². The van der Waals surface area contributed by atoms with Gasteiger partial charge in [-0.1, -0.05) is 32.9 Å². The van der Waals surface area contributed by atoms with E-state index in [1.807, 2.05) is 0 Å². The van der Waals surface area contributed by atoms with Crippen molar-refractivity contribution in [1.29, 1.82) is 0 Å². The molecule has 0 spiro atoms. The van der Waals surface area contributed by atoms with Gasteiger partial charge in [0.2, 0.25) is 0 Å². The van der Waals surface area contributed by atoms with Gasteiger partial charge in [0.15, 0.2) is 0 Å². The lowest BCUT2D eigenvalue weighted by atomic mass is 9.86. The minimum absolute atomic E-state index is 0.00642. The molecular formula is C20H31NO3. The number of rotatable bonds is 7. The van der Waals surface area contributed by atoms with E-state index in [2.05, 4.69) is 37.8 Å². The van der Waals surface area contributed by atoms with Gasteiger partial charge in [-0.15, -0.1) is 0 Å². The van der Waals surface area contributed by atoms with Crippen LogP contribution >= 0.6 is 0 Å². The summed E-state index contributed by atoms with van der Waals surface area (Å²) < 4.78 is 5.92. The predicted molar refractivity (Wildman–Crippen MR) is 94.7 cm³/mol. The molecule has 1 fully saturated rings. The Morgan fingerprint density at radius 2 is 1.88 bits per heavy atom. The number of nitrogens with zero attached hydrogens (tertiary/aromatic N) is 1. The summed E-state index contributed by atoms with van der Waals surface area (Å²) in [4.78, 5) is 2.52. The van der Waals surface area contributed by atoms with Gasteiger partial charge < -0.3 is 14.9 Å². The van der Waals surface area contributed by atoms with Crippen LogP contribution in [0, 0.1) is 5.92 Å². The molecule has 0 radical (unpaired) electrons. The predicted octanol–water partition coefficient (Wildman–Crippen LogP) is 2.79. The highest BCUT2D eigenvalue weighted by Gasteiger charge is 2.42. The van der Waals surface area contributed by atoms with E-state index < -0.39 is 0 Å². The molecule has 0 bridgehead atoms. The van der Waals surface area contributed by atoms with Gasteiger partial charge in [-0.2, -0.15) is 0 Å². The monoisotopic (exact) mass is 333 g/mol. The van der Waals surface area contributed by atoms with Crippen molar-refractivity contribution in [1.82, 2.24) is 4.90 Å². The van der Waals surface area contributed by atoms with Crippen LogP contribution in [-0.4, -0.2) is 40.4 Å². The SMILES string of the molecule is CCN1CCc2cc(CO)c(CO)cc2[C@H]1CC1OC1CC(C)C. The largest absolute Gasteiger partial charge is 0.392 e. The van der Waals surface area contributed by atoms with Gasteiger partial charge in [-0.25, -0.2) is 0 Å². The van der Waals surface area contributed by atoms with Crippen molar-refractivity contribution in [3.8, 4) is 0 Å². The smallest absolute Gasteiger partial charge is 0.0860 e. The first kappa shape index (κ1) is 17.9. The first-order chi connectivity index (χ1) is 11.6. The van der Waals surface area contributed by atoms with Crippen molar-refractivity contribution < 1.29 is 14.9 Å². The van der Waals surface area contributed by atoms with E-state index in [-0.39, 0.29) is 13.2 Å². The highest BCUT2D eigenvalue weighted by atomic mass is 16.6. The molecule has 1 saturated heterocycles. The van der Waals surface area contributed by atoms with Crippen LogP contribution in [0.3, 0.4) is 0 Å². The molecule has 0 aliphatic carbocycles. The third-order valence-corrected chi connectivity index (χ3v) is 5.52. The standard InChI is InChI=1S/C20H31NO3/c1-4-21-6-5-14-8-15(11-22)16(12-23)9-17(14)18(21)10-20-19(24-20)7-13(2)3/h8-9,13,18-20,22-23H,4-7,10-12H2,1-3H3/t18-,19?,20?/m1/s1. The van der Waals surface area contributed by atoms with Gasteiger partial charge in [-0.3, -0.25) is 4.90 Å². The second-order valence-corrected chi connectivity index (χ2v) is 7.61. The van der Waals surface area contributed by atoms with Crippen molar-refractivity contribution in [2.75, 3.05) is 13.1 Å². The number of hydrogen-bond acceptors (Lipinski definition) is 4. The molecule has 4 heteroatoms. The van der Waals surface area contributed by atoms with Gasteiger partial charge >= 0.3 is 0 Å². The molecule has 3 atom stereocenters. The quantitative estimate of drug-likeness (QED) is 0.754. The second kappa shape index (κ2) is 7.52. The highest BCUT2D eigenvalue weighted by Crippen LogP contribution is 2.41. The molecule has 134 valence electrons. The Labute approximate surface area is 145 Å². The molecule has 2 aliphatic heterocycles. The number of epoxide rings is 1. The lowest BCUT2D eigenvalue weighted by Gasteiger charge is -2.37.